The third-order valence-corrected chi connectivity index (χ3v) is 6.49. The molecule has 17 heteroatoms. The van der Waals surface area contributed by atoms with E-state index in [0.29, 0.717) is 0 Å². The van der Waals surface area contributed by atoms with Crippen LogP contribution in [0.5, 0.6) is 0 Å². The summed E-state index contributed by atoms with van der Waals surface area (Å²) < 4.78 is 0. The highest BCUT2D eigenvalue weighted by atomic mass is 16.4. The molecule has 0 saturated carbocycles. The molecule has 6 atom stereocenters. The van der Waals surface area contributed by atoms with Crippen LogP contribution in [0, 0.1) is 17.8 Å². The quantitative estimate of drug-likeness (QED) is 0.0713. The summed E-state index contributed by atoms with van der Waals surface area (Å²) in [7, 11) is 0. The lowest BCUT2D eigenvalue weighted by molar-refractivity contribution is -0.143. The Morgan fingerprint density at radius 2 is 0.783 bits per heavy atom. The van der Waals surface area contributed by atoms with Crippen LogP contribution in [0.1, 0.15) is 80.6 Å². The number of rotatable bonds is 21. The minimum atomic E-state index is -1.80. The predicted molar refractivity (Wildman–Crippen MR) is 164 cm³/mol. The summed E-state index contributed by atoms with van der Waals surface area (Å²) in [5, 5.41) is 39.4. The highest BCUT2D eigenvalue weighted by molar-refractivity contribution is 5.98. The van der Waals surface area contributed by atoms with Crippen LogP contribution in [0.2, 0.25) is 0 Å². The predicted octanol–water partition coefficient (Wildman–Crippen LogP) is -1.07. The number of nitrogens with one attached hydrogen (secondary N) is 5. The van der Waals surface area contributed by atoms with E-state index >= 15 is 0 Å². The van der Waals surface area contributed by atoms with Crippen molar-refractivity contribution in [2.24, 2.45) is 23.5 Å². The van der Waals surface area contributed by atoms with Crippen molar-refractivity contribution in [3.8, 4) is 0 Å². The van der Waals surface area contributed by atoms with E-state index in [1.54, 1.807) is 41.5 Å². The Kier molecular flexibility index (Phi) is 18.1. The van der Waals surface area contributed by atoms with Crippen molar-refractivity contribution in [2.75, 3.05) is 0 Å². The van der Waals surface area contributed by atoms with Crippen LogP contribution >= 0.6 is 0 Å². The van der Waals surface area contributed by atoms with Crippen LogP contribution in [-0.4, -0.2) is 99.0 Å². The fraction of sp³-hybridized carbons (Fsp3) is 0.724. The van der Waals surface area contributed by atoms with Gasteiger partial charge >= 0.3 is 17.9 Å². The lowest BCUT2D eigenvalue weighted by Crippen LogP contribution is -2.60. The first-order valence-electron chi connectivity index (χ1n) is 15.1. The Morgan fingerprint density at radius 3 is 1.11 bits per heavy atom. The summed E-state index contributed by atoms with van der Waals surface area (Å²) >= 11 is 0. The van der Waals surface area contributed by atoms with Crippen molar-refractivity contribution in [3.05, 3.63) is 0 Å². The summed E-state index contributed by atoms with van der Waals surface area (Å²) in [4.78, 5) is 99.2. The average molecular weight is 659 g/mol. The molecular formula is C29H50N6O11. The first-order chi connectivity index (χ1) is 21.1. The monoisotopic (exact) mass is 658 g/mol. The van der Waals surface area contributed by atoms with E-state index < -0.39 is 96.5 Å². The zero-order chi connectivity index (χ0) is 35.9. The van der Waals surface area contributed by atoms with Crippen molar-refractivity contribution in [2.45, 2.75) is 117 Å². The van der Waals surface area contributed by atoms with E-state index in [2.05, 4.69) is 26.6 Å². The summed E-state index contributed by atoms with van der Waals surface area (Å²) in [6.07, 6.45) is -1.47. The Balaban J connectivity index is 6.07. The molecule has 46 heavy (non-hydrogen) atoms. The molecule has 0 aromatic carbocycles. The van der Waals surface area contributed by atoms with Gasteiger partial charge in [0.15, 0.2) is 0 Å². The molecule has 17 nitrogen and oxygen atoms in total. The summed E-state index contributed by atoms with van der Waals surface area (Å²) in [6.45, 7) is 11.9. The third kappa shape index (κ3) is 16.7. The molecule has 0 fully saturated rings. The number of carbonyl (C=O) groups is 8. The van der Waals surface area contributed by atoms with Gasteiger partial charge in [0.05, 0.1) is 18.9 Å². The van der Waals surface area contributed by atoms with Crippen LogP contribution in [0.15, 0.2) is 0 Å². The van der Waals surface area contributed by atoms with E-state index in [0.717, 1.165) is 0 Å². The van der Waals surface area contributed by atoms with E-state index in [-0.39, 0.29) is 37.0 Å². The van der Waals surface area contributed by atoms with E-state index in [4.69, 9.17) is 10.8 Å². The highest BCUT2D eigenvalue weighted by Gasteiger charge is 2.34. The summed E-state index contributed by atoms with van der Waals surface area (Å²) in [6, 6.07) is -8.29. The fourth-order valence-corrected chi connectivity index (χ4v) is 4.26. The van der Waals surface area contributed by atoms with E-state index in [1.165, 1.54) is 6.92 Å². The Hall–Kier alpha value is -4.28. The van der Waals surface area contributed by atoms with Gasteiger partial charge in [0.2, 0.25) is 29.5 Å². The zero-order valence-electron chi connectivity index (χ0n) is 27.4. The summed E-state index contributed by atoms with van der Waals surface area (Å²) in [5.41, 5.74) is 5.83. The topological polar surface area (TPSA) is 283 Å². The van der Waals surface area contributed by atoms with Crippen molar-refractivity contribution in [1.29, 1.82) is 0 Å². The number of carboxylic acid groups (broad SMARTS) is 3. The number of carboxylic acids is 3. The average Bonchev–Trinajstić information content (AvgIpc) is 2.89. The van der Waals surface area contributed by atoms with Crippen LogP contribution < -0.4 is 32.3 Å². The normalized spacial score (nSPS) is 15.1. The van der Waals surface area contributed by atoms with Gasteiger partial charge in [-0.1, -0.05) is 41.5 Å². The third-order valence-electron chi connectivity index (χ3n) is 6.49. The SMILES string of the molecule is CC(C)C[C@H](NC(=O)[C@H](CC(C)C)NC(=O)[C@H](CC(=O)O)NC(=O)[C@H](CC(=O)O)NC(=O)[C@@H](N)CC(C)C)C(=O)N[C@@H](C)C(=O)O. The highest BCUT2D eigenvalue weighted by Crippen LogP contribution is 2.11. The molecule has 0 radical (unpaired) electrons. The molecule has 262 valence electrons. The molecule has 0 aliphatic rings. The van der Waals surface area contributed by atoms with Crippen LogP contribution in [0.4, 0.5) is 0 Å². The van der Waals surface area contributed by atoms with Gasteiger partial charge in [0, 0.05) is 0 Å². The Morgan fingerprint density at radius 1 is 0.478 bits per heavy atom. The molecule has 0 aliphatic carbocycles. The van der Waals surface area contributed by atoms with Crippen molar-refractivity contribution in [3.63, 3.8) is 0 Å². The minimum Gasteiger partial charge on any atom is -0.481 e. The van der Waals surface area contributed by atoms with E-state index in [9.17, 15) is 48.6 Å². The van der Waals surface area contributed by atoms with Crippen LogP contribution in [0.3, 0.4) is 0 Å². The maximum Gasteiger partial charge on any atom is 0.325 e. The number of carbonyl (C=O) groups excluding carboxylic acids is 5. The molecule has 5 amide bonds. The Bertz CT molecular complexity index is 1110. The fourth-order valence-electron chi connectivity index (χ4n) is 4.26. The molecule has 0 rings (SSSR count). The maximum atomic E-state index is 13.3. The lowest BCUT2D eigenvalue weighted by atomic mass is 9.99. The van der Waals surface area contributed by atoms with E-state index in [1.807, 2.05) is 0 Å². The molecule has 0 heterocycles. The standard InChI is InChI=1S/C29H50N6O11/c1-13(2)8-17(30)24(40)32-20(11-22(36)37)27(43)35-21(12-23(38)39)28(44)34-19(10-15(5)6)26(42)33-18(9-14(3)4)25(41)31-16(7)29(45)46/h13-21H,8-12,30H2,1-7H3,(H,31,41)(H,32,40)(H,33,42)(H,34,44)(H,35,43)(H,36,37)(H,38,39)(H,45,46)/t16-,17-,18-,19-,20-,21-/m0/s1. The zero-order valence-corrected chi connectivity index (χ0v) is 27.4. The van der Waals surface area contributed by atoms with Gasteiger partial charge in [-0.15, -0.1) is 0 Å². The second kappa shape index (κ2) is 20.0. The number of amides is 5. The molecule has 0 aromatic heterocycles. The van der Waals surface area contributed by atoms with Crippen molar-refractivity contribution < 1.29 is 53.7 Å². The second-order valence-corrected chi connectivity index (χ2v) is 12.5. The Labute approximate surface area is 268 Å². The number of aliphatic carboxylic acids is 3. The van der Waals surface area contributed by atoms with Gasteiger partial charge in [-0.05, 0) is 43.9 Å². The molecule has 0 bridgehead atoms. The molecule has 0 saturated heterocycles. The molecule has 0 spiro atoms. The van der Waals surface area contributed by atoms with Crippen molar-refractivity contribution >= 4 is 47.4 Å². The minimum absolute atomic E-state index is 0.00969. The molecular weight excluding hydrogens is 608 g/mol. The molecule has 0 aliphatic heterocycles. The first kappa shape index (κ1) is 41.7. The van der Waals surface area contributed by atoms with Crippen LogP contribution in [0.25, 0.3) is 0 Å². The second-order valence-electron chi connectivity index (χ2n) is 12.5. The van der Waals surface area contributed by atoms with Gasteiger partial charge in [0.1, 0.15) is 30.2 Å². The molecule has 10 N–H and O–H groups in total. The largest absolute Gasteiger partial charge is 0.481 e. The van der Waals surface area contributed by atoms with Gasteiger partial charge in [-0.3, -0.25) is 38.4 Å². The molecule has 0 unspecified atom stereocenters. The van der Waals surface area contributed by atoms with Gasteiger partial charge < -0.3 is 47.6 Å². The van der Waals surface area contributed by atoms with Crippen molar-refractivity contribution in [1.82, 2.24) is 26.6 Å². The maximum absolute atomic E-state index is 13.3. The summed E-state index contributed by atoms with van der Waals surface area (Å²) in [5.74, 6) is -9.23. The molecule has 0 aromatic rings. The number of hydrogen-bond acceptors (Lipinski definition) is 9. The van der Waals surface area contributed by atoms with Gasteiger partial charge in [-0.2, -0.15) is 0 Å². The number of nitrogens with two attached hydrogens (primary N) is 1. The first-order valence-corrected chi connectivity index (χ1v) is 15.1. The van der Waals surface area contributed by atoms with Gasteiger partial charge in [0.25, 0.3) is 0 Å². The van der Waals surface area contributed by atoms with Crippen LogP contribution in [-0.2, 0) is 38.4 Å². The van der Waals surface area contributed by atoms with Gasteiger partial charge in [-0.25, -0.2) is 0 Å². The number of hydrogen-bond donors (Lipinski definition) is 9. The lowest BCUT2D eigenvalue weighted by Gasteiger charge is -2.27. The smallest absolute Gasteiger partial charge is 0.325 e.